The molecule has 0 aliphatic heterocycles. The van der Waals surface area contributed by atoms with E-state index in [4.69, 9.17) is 17.3 Å². The maximum atomic E-state index is 12.1. The monoisotopic (exact) mass is 308 g/mol. The van der Waals surface area contributed by atoms with Crippen LogP contribution in [-0.2, 0) is 11.8 Å². The van der Waals surface area contributed by atoms with Gasteiger partial charge < -0.3 is 16.2 Å². The van der Waals surface area contributed by atoms with E-state index >= 15 is 0 Å². The molecular weight excluding hydrogens is 296 g/mol. The number of carboxylic acid groups (broad SMARTS) is 1. The van der Waals surface area contributed by atoms with Crippen molar-refractivity contribution in [3.8, 4) is 0 Å². The molecule has 2 rings (SSSR count). The molecule has 110 valence electrons. The molecule has 0 saturated carbocycles. The largest absolute Gasteiger partial charge is 0.479 e. The number of aromatic nitrogens is 2. The summed E-state index contributed by atoms with van der Waals surface area (Å²) in [5.74, 6) is -1.74. The molecule has 8 heteroatoms. The topological polar surface area (TPSA) is 110 Å². The van der Waals surface area contributed by atoms with Crippen LogP contribution in [0.15, 0.2) is 30.6 Å². The van der Waals surface area contributed by atoms with Crippen molar-refractivity contribution in [3.63, 3.8) is 0 Å². The van der Waals surface area contributed by atoms with Gasteiger partial charge in [0.15, 0.2) is 6.04 Å². The first-order chi connectivity index (χ1) is 9.88. The van der Waals surface area contributed by atoms with Crippen LogP contribution in [-0.4, -0.2) is 26.8 Å². The van der Waals surface area contributed by atoms with E-state index in [1.165, 1.54) is 35.3 Å². The van der Waals surface area contributed by atoms with E-state index in [2.05, 4.69) is 10.4 Å². The number of anilines is 1. The number of aryl methyl sites for hydroxylation is 1. The normalized spacial score (nSPS) is 11.9. The summed E-state index contributed by atoms with van der Waals surface area (Å²) >= 11 is 5.78. The minimum atomic E-state index is -1.19. The lowest BCUT2D eigenvalue weighted by atomic mass is 10.1. The second-order valence-electron chi connectivity index (χ2n) is 4.43. The number of hydrogen-bond acceptors (Lipinski definition) is 4. The Hall–Kier alpha value is -2.54. The third-order valence-corrected chi connectivity index (χ3v) is 3.18. The van der Waals surface area contributed by atoms with Crippen LogP contribution in [0.25, 0.3) is 0 Å². The summed E-state index contributed by atoms with van der Waals surface area (Å²) in [6.45, 7) is 0. The number of carbonyl (C=O) groups excluding carboxylic acids is 1. The first-order valence-corrected chi connectivity index (χ1v) is 6.33. The lowest BCUT2D eigenvalue weighted by Crippen LogP contribution is -2.33. The van der Waals surface area contributed by atoms with E-state index in [0.29, 0.717) is 10.6 Å². The van der Waals surface area contributed by atoms with Crippen LogP contribution >= 0.6 is 11.6 Å². The Balaban J connectivity index is 2.22. The van der Waals surface area contributed by atoms with Gasteiger partial charge in [-0.1, -0.05) is 11.6 Å². The van der Waals surface area contributed by atoms with E-state index in [0.717, 1.165) is 0 Å². The van der Waals surface area contributed by atoms with Crippen LogP contribution < -0.4 is 11.1 Å². The number of nitrogens with two attached hydrogens (primary N) is 1. The Morgan fingerprint density at radius 3 is 2.71 bits per heavy atom. The van der Waals surface area contributed by atoms with Gasteiger partial charge in [0, 0.05) is 24.4 Å². The highest BCUT2D eigenvalue weighted by molar-refractivity contribution is 6.33. The number of halogens is 1. The van der Waals surface area contributed by atoms with E-state index in [9.17, 15) is 14.7 Å². The SMILES string of the molecule is Cn1cc(C(NC(=O)c2ccc(Cl)c(N)c2)C(=O)O)cn1. The summed E-state index contributed by atoms with van der Waals surface area (Å²) in [6, 6.07) is 3.14. The molecule has 0 radical (unpaired) electrons. The Morgan fingerprint density at radius 1 is 1.48 bits per heavy atom. The van der Waals surface area contributed by atoms with Crippen molar-refractivity contribution >= 4 is 29.2 Å². The van der Waals surface area contributed by atoms with Crippen LogP contribution in [0.2, 0.25) is 5.02 Å². The number of nitrogens with zero attached hydrogens (tertiary/aromatic N) is 2. The fraction of sp³-hybridized carbons (Fsp3) is 0.154. The number of nitrogen functional groups attached to an aromatic ring is 1. The molecule has 0 aliphatic rings. The highest BCUT2D eigenvalue weighted by Crippen LogP contribution is 2.20. The van der Waals surface area contributed by atoms with E-state index in [1.807, 2.05) is 0 Å². The summed E-state index contributed by atoms with van der Waals surface area (Å²) in [7, 11) is 1.66. The smallest absolute Gasteiger partial charge is 0.331 e. The first kappa shape index (κ1) is 14.9. The number of aliphatic carboxylic acids is 1. The molecule has 2 aromatic rings. The predicted molar refractivity (Wildman–Crippen MR) is 76.9 cm³/mol. The molecule has 21 heavy (non-hydrogen) atoms. The Labute approximate surface area is 125 Å². The van der Waals surface area contributed by atoms with Crippen molar-refractivity contribution in [1.82, 2.24) is 15.1 Å². The molecule has 0 spiro atoms. The molecule has 1 atom stereocenters. The van der Waals surface area contributed by atoms with Gasteiger partial charge in [0.2, 0.25) is 0 Å². The van der Waals surface area contributed by atoms with Gasteiger partial charge in [0.25, 0.3) is 5.91 Å². The van der Waals surface area contributed by atoms with Crippen molar-refractivity contribution in [1.29, 1.82) is 0 Å². The van der Waals surface area contributed by atoms with Gasteiger partial charge in [0.1, 0.15) is 0 Å². The van der Waals surface area contributed by atoms with E-state index in [-0.39, 0.29) is 11.3 Å². The quantitative estimate of drug-likeness (QED) is 0.735. The molecule has 1 aromatic heterocycles. The number of amides is 1. The first-order valence-electron chi connectivity index (χ1n) is 5.95. The summed E-state index contributed by atoms with van der Waals surface area (Å²) in [6.07, 6.45) is 2.91. The van der Waals surface area contributed by atoms with Gasteiger partial charge in [-0.2, -0.15) is 5.10 Å². The summed E-state index contributed by atoms with van der Waals surface area (Å²) in [5, 5.41) is 15.9. The fourth-order valence-electron chi connectivity index (χ4n) is 1.78. The number of rotatable bonds is 4. The Kier molecular flexibility index (Phi) is 4.13. The van der Waals surface area contributed by atoms with Crippen molar-refractivity contribution in [2.24, 2.45) is 7.05 Å². The molecule has 4 N–H and O–H groups in total. The highest BCUT2D eigenvalue weighted by Gasteiger charge is 2.24. The van der Waals surface area contributed by atoms with Crippen LogP contribution in [0, 0.1) is 0 Å². The molecule has 0 saturated heterocycles. The van der Waals surface area contributed by atoms with Crippen molar-refractivity contribution in [2.75, 3.05) is 5.73 Å². The average Bonchev–Trinajstić information content (AvgIpc) is 2.84. The highest BCUT2D eigenvalue weighted by atomic mass is 35.5. The lowest BCUT2D eigenvalue weighted by Gasteiger charge is -2.13. The zero-order valence-corrected chi connectivity index (χ0v) is 11.8. The average molecular weight is 309 g/mol. The number of carbonyl (C=O) groups is 2. The summed E-state index contributed by atoms with van der Waals surface area (Å²) in [4.78, 5) is 23.4. The number of benzene rings is 1. The van der Waals surface area contributed by atoms with Gasteiger partial charge in [0.05, 0.1) is 16.9 Å². The molecule has 1 heterocycles. The standard InChI is InChI=1S/C13H13ClN4O3/c1-18-6-8(5-16-18)11(13(20)21)17-12(19)7-2-3-9(14)10(15)4-7/h2-6,11H,15H2,1H3,(H,17,19)(H,20,21). The van der Waals surface area contributed by atoms with Gasteiger partial charge in [-0.15, -0.1) is 0 Å². The van der Waals surface area contributed by atoms with Crippen molar-refractivity contribution in [3.05, 3.63) is 46.7 Å². The van der Waals surface area contributed by atoms with Crippen LogP contribution in [0.3, 0.4) is 0 Å². The van der Waals surface area contributed by atoms with Gasteiger partial charge in [-0.25, -0.2) is 4.79 Å². The number of hydrogen-bond donors (Lipinski definition) is 3. The molecule has 1 unspecified atom stereocenters. The second-order valence-corrected chi connectivity index (χ2v) is 4.84. The molecule has 0 bridgehead atoms. The van der Waals surface area contributed by atoms with Gasteiger partial charge in [-0.3, -0.25) is 9.48 Å². The molecule has 1 amide bonds. The molecule has 0 aliphatic carbocycles. The van der Waals surface area contributed by atoms with Crippen LogP contribution in [0.4, 0.5) is 5.69 Å². The zero-order valence-electron chi connectivity index (χ0n) is 11.1. The molecule has 0 fully saturated rings. The van der Waals surface area contributed by atoms with E-state index < -0.39 is 17.9 Å². The maximum absolute atomic E-state index is 12.1. The minimum Gasteiger partial charge on any atom is -0.479 e. The Morgan fingerprint density at radius 2 is 2.19 bits per heavy atom. The van der Waals surface area contributed by atoms with E-state index in [1.54, 1.807) is 7.05 Å². The lowest BCUT2D eigenvalue weighted by molar-refractivity contribution is -0.139. The van der Waals surface area contributed by atoms with Crippen LogP contribution in [0.1, 0.15) is 22.0 Å². The minimum absolute atomic E-state index is 0.229. The van der Waals surface area contributed by atoms with Gasteiger partial charge in [-0.05, 0) is 18.2 Å². The fourth-order valence-corrected chi connectivity index (χ4v) is 1.89. The van der Waals surface area contributed by atoms with Crippen molar-refractivity contribution < 1.29 is 14.7 Å². The second kappa shape index (κ2) is 5.84. The maximum Gasteiger partial charge on any atom is 0.331 e. The zero-order chi connectivity index (χ0) is 15.6. The number of nitrogens with one attached hydrogen (secondary N) is 1. The summed E-state index contributed by atoms with van der Waals surface area (Å²) < 4.78 is 1.46. The molecule has 1 aromatic carbocycles. The summed E-state index contributed by atoms with van der Waals surface area (Å²) in [5.41, 5.74) is 6.47. The number of carboxylic acids is 1. The predicted octanol–water partition coefficient (Wildman–Crippen LogP) is 1.21. The third-order valence-electron chi connectivity index (χ3n) is 2.84. The Bertz CT molecular complexity index is 698. The molecule has 7 nitrogen and oxygen atoms in total. The van der Waals surface area contributed by atoms with Crippen LogP contribution in [0.5, 0.6) is 0 Å². The van der Waals surface area contributed by atoms with Gasteiger partial charge >= 0.3 is 5.97 Å². The molecular formula is C13H13ClN4O3. The van der Waals surface area contributed by atoms with Crippen molar-refractivity contribution in [2.45, 2.75) is 6.04 Å². The third kappa shape index (κ3) is 3.32.